The van der Waals surface area contributed by atoms with E-state index in [1.807, 2.05) is 23.5 Å². The molecule has 0 radical (unpaired) electrons. The molecule has 2 rings (SSSR count). The minimum Gasteiger partial charge on any atom is -0.378 e. The predicted molar refractivity (Wildman–Crippen MR) is 91.7 cm³/mol. The van der Waals surface area contributed by atoms with Gasteiger partial charge >= 0.3 is 0 Å². The van der Waals surface area contributed by atoms with Crippen molar-refractivity contribution in [3.8, 4) is 0 Å². The van der Waals surface area contributed by atoms with Gasteiger partial charge in [-0.15, -0.1) is 11.8 Å². The number of aromatic nitrogens is 2. The number of thioether (sulfide) groups is 2. The lowest BCUT2D eigenvalue weighted by atomic mass is 10.3. The third kappa shape index (κ3) is 3.81. The topological polar surface area (TPSA) is 47.0 Å². The van der Waals surface area contributed by atoms with Crippen molar-refractivity contribution in [3.63, 3.8) is 0 Å². The molecular weight excluding hydrogens is 358 g/mol. The average Bonchev–Trinajstić information content (AvgIpc) is 2.44. The van der Waals surface area contributed by atoms with Gasteiger partial charge in [0.25, 0.3) is 0 Å². The van der Waals surface area contributed by atoms with Crippen molar-refractivity contribution >= 4 is 45.3 Å². The quantitative estimate of drug-likeness (QED) is 0.843. The zero-order valence-corrected chi connectivity index (χ0v) is 15.2. The summed E-state index contributed by atoms with van der Waals surface area (Å²) in [5, 5.41) is 4.20. The second kappa shape index (κ2) is 7.87. The lowest BCUT2D eigenvalue weighted by Crippen LogP contribution is -2.20. The van der Waals surface area contributed by atoms with Crippen LogP contribution in [0.15, 0.2) is 4.47 Å². The first-order valence-corrected chi connectivity index (χ1v) is 9.58. The molecule has 0 bridgehead atoms. The molecule has 1 saturated heterocycles. The molecule has 0 spiro atoms. The maximum absolute atomic E-state index is 5.25. The number of methoxy groups -OCH3 is 1. The molecule has 2 heterocycles. The zero-order valence-electron chi connectivity index (χ0n) is 12.0. The Labute approximate surface area is 137 Å². The number of nitrogens with zero attached hydrogens (tertiary/aromatic N) is 2. The van der Waals surface area contributed by atoms with Crippen molar-refractivity contribution in [1.29, 1.82) is 0 Å². The SMILES string of the molecule is CCNc1nc(C2SCCSC2C)nc(COC)c1Br. The molecule has 4 nitrogen and oxygen atoms in total. The highest BCUT2D eigenvalue weighted by atomic mass is 79.9. The van der Waals surface area contributed by atoms with Gasteiger partial charge in [0.2, 0.25) is 0 Å². The van der Waals surface area contributed by atoms with Crippen LogP contribution in [0.25, 0.3) is 0 Å². The van der Waals surface area contributed by atoms with Gasteiger partial charge in [-0.3, -0.25) is 0 Å². The van der Waals surface area contributed by atoms with E-state index >= 15 is 0 Å². The summed E-state index contributed by atoms with van der Waals surface area (Å²) in [6, 6.07) is 0. The number of rotatable bonds is 5. The van der Waals surface area contributed by atoms with E-state index in [9.17, 15) is 0 Å². The highest BCUT2D eigenvalue weighted by Crippen LogP contribution is 2.42. The van der Waals surface area contributed by atoms with Crippen LogP contribution < -0.4 is 5.32 Å². The third-order valence-electron chi connectivity index (χ3n) is 3.00. The van der Waals surface area contributed by atoms with Crippen molar-refractivity contribution < 1.29 is 4.74 Å². The molecule has 1 aromatic rings. The minimum atomic E-state index is 0.356. The largest absolute Gasteiger partial charge is 0.378 e. The zero-order chi connectivity index (χ0) is 14.5. The van der Waals surface area contributed by atoms with E-state index in [-0.39, 0.29) is 0 Å². The van der Waals surface area contributed by atoms with Crippen LogP contribution in [0.4, 0.5) is 5.82 Å². The summed E-state index contributed by atoms with van der Waals surface area (Å²) in [5.74, 6) is 4.16. The van der Waals surface area contributed by atoms with Crippen molar-refractivity contribution in [3.05, 3.63) is 16.0 Å². The molecule has 0 aromatic carbocycles. The normalized spacial score (nSPS) is 22.8. The van der Waals surface area contributed by atoms with Gasteiger partial charge in [0.05, 0.1) is 22.0 Å². The predicted octanol–water partition coefficient (Wildman–Crippen LogP) is 3.73. The molecule has 2 unspecified atom stereocenters. The van der Waals surface area contributed by atoms with Crippen molar-refractivity contribution in [2.24, 2.45) is 0 Å². The first-order chi connectivity index (χ1) is 9.67. The van der Waals surface area contributed by atoms with Crippen LogP contribution in [-0.2, 0) is 11.3 Å². The lowest BCUT2D eigenvalue weighted by Gasteiger charge is -2.27. The fourth-order valence-corrected chi connectivity index (χ4v) is 5.19. The Hall–Kier alpha value is 0.0200. The van der Waals surface area contributed by atoms with Gasteiger partial charge in [0, 0.05) is 30.4 Å². The number of hydrogen-bond acceptors (Lipinski definition) is 6. The van der Waals surface area contributed by atoms with Crippen LogP contribution in [0, 0.1) is 0 Å². The summed E-state index contributed by atoms with van der Waals surface area (Å²) >= 11 is 7.53. The van der Waals surface area contributed by atoms with Gasteiger partial charge in [-0.2, -0.15) is 11.8 Å². The highest BCUT2D eigenvalue weighted by molar-refractivity contribution is 9.10. The molecule has 1 fully saturated rings. The van der Waals surface area contributed by atoms with Crippen molar-refractivity contribution in [2.75, 3.05) is 30.5 Å². The van der Waals surface area contributed by atoms with Gasteiger partial charge in [-0.1, -0.05) is 6.92 Å². The van der Waals surface area contributed by atoms with Gasteiger partial charge < -0.3 is 10.1 Å². The van der Waals surface area contributed by atoms with E-state index in [1.54, 1.807) is 7.11 Å². The summed E-state index contributed by atoms with van der Waals surface area (Å²) in [6.45, 7) is 5.66. The Morgan fingerprint density at radius 1 is 1.35 bits per heavy atom. The monoisotopic (exact) mass is 377 g/mol. The summed E-state index contributed by atoms with van der Waals surface area (Å²) in [4.78, 5) is 9.44. The number of ether oxygens (including phenoxy) is 1. The number of nitrogens with one attached hydrogen (secondary N) is 1. The van der Waals surface area contributed by atoms with Crippen LogP contribution in [0.2, 0.25) is 0 Å². The smallest absolute Gasteiger partial charge is 0.145 e. The first-order valence-electron chi connectivity index (χ1n) is 6.69. The van der Waals surface area contributed by atoms with Crippen molar-refractivity contribution in [2.45, 2.75) is 31.0 Å². The Bertz CT molecular complexity index is 434. The summed E-state index contributed by atoms with van der Waals surface area (Å²) < 4.78 is 6.16. The molecule has 1 aliphatic heterocycles. The van der Waals surface area contributed by atoms with E-state index in [1.165, 1.54) is 5.75 Å². The second-order valence-electron chi connectivity index (χ2n) is 4.52. The van der Waals surface area contributed by atoms with Gasteiger partial charge in [0.15, 0.2) is 0 Å². The maximum Gasteiger partial charge on any atom is 0.145 e. The molecule has 112 valence electrons. The molecule has 1 aromatic heterocycles. The van der Waals surface area contributed by atoms with Crippen LogP contribution in [-0.4, -0.2) is 40.4 Å². The number of anilines is 1. The lowest BCUT2D eigenvalue weighted by molar-refractivity contribution is 0.180. The van der Waals surface area contributed by atoms with E-state index in [0.717, 1.165) is 34.1 Å². The van der Waals surface area contributed by atoms with Crippen LogP contribution in [0.1, 0.15) is 30.6 Å². The Balaban J connectivity index is 2.36. The Morgan fingerprint density at radius 2 is 2.10 bits per heavy atom. The molecule has 20 heavy (non-hydrogen) atoms. The molecule has 1 N–H and O–H groups in total. The molecule has 0 amide bonds. The first kappa shape index (κ1) is 16.4. The fourth-order valence-electron chi connectivity index (χ4n) is 2.07. The summed E-state index contributed by atoms with van der Waals surface area (Å²) in [5.41, 5.74) is 0.914. The van der Waals surface area contributed by atoms with E-state index in [4.69, 9.17) is 14.7 Å². The molecule has 0 aliphatic carbocycles. The molecule has 1 aliphatic rings. The number of halogens is 1. The standard InChI is InChI=1S/C13H20BrN3OS2/c1-4-15-12-10(14)9(7-18-3)16-13(17-12)11-8(2)19-5-6-20-11/h8,11H,4-7H2,1-3H3,(H,15,16,17). The van der Waals surface area contributed by atoms with E-state index in [0.29, 0.717) is 17.1 Å². The second-order valence-corrected chi connectivity index (χ2v) is 8.05. The molecule has 7 heteroatoms. The number of hydrogen-bond donors (Lipinski definition) is 1. The van der Waals surface area contributed by atoms with Gasteiger partial charge in [-0.25, -0.2) is 9.97 Å². The van der Waals surface area contributed by atoms with Crippen molar-refractivity contribution in [1.82, 2.24) is 9.97 Å². The third-order valence-corrected chi connectivity index (χ3v) is 6.92. The highest BCUT2D eigenvalue weighted by Gasteiger charge is 2.28. The Morgan fingerprint density at radius 3 is 2.75 bits per heavy atom. The molecule has 2 atom stereocenters. The molecule has 0 saturated carbocycles. The maximum atomic E-state index is 5.25. The summed E-state index contributed by atoms with van der Waals surface area (Å²) in [6.07, 6.45) is 0. The fraction of sp³-hybridized carbons (Fsp3) is 0.692. The summed E-state index contributed by atoms with van der Waals surface area (Å²) in [7, 11) is 1.69. The van der Waals surface area contributed by atoms with Gasteiger partial charge in [-0.05, 0) is 22.9 Å². The van der Waals surface area contributed by atoms with E-state index < -0.39 is 0 Å². The average molecular weight is 378 g/mol. The Kier molecular flexibility index (Phi) is 6.45. The minimum absolute atomic E-state index is 0.356. The molecular formula is C13H20BrN3OS2. The van der Waals surface area contributed by atoms with Crippen LogP contribution in [0.5, 0.6) is 0 Å². The van der Waals surface area contributed by atoms with Crippen LogP contribution >= 0.6 is 39.5 Å². The van der Waals surface area contributed by atoms with Crippen LogP contribution in [0.3, 0.4) is 0 Å². The van der Waals surface area contributed by atoms with E-state index in [2.05, 4.69) is 35.1 Å². The van der Waals surface area contributed by atoms with Gasteiger partial charge in [0.1, 0.15) is 11.6 Å².